The van der Waals surface area contributed by atoms with Crippen molar-refractivity contribution in [1.29, 1.82) is 0 Å². The lowest BCUT2D eigenvalue weighted by Crippen LogP contribution is -2.23. The first-order valence-corrected chi connectivity index (χ1v) is 6.03. The third kappa shape index (κ3) is 1.90. The van der Waals surface area contributed by atoms with Crippen LogP contribution in [-0.4, -0.2) is 9.55 Å². The second-order valence-corrected chi connectivity index (χ2v) is 4.82. The van der Waals surface area contributed by atoms with E-state index in [9.17, 15) is 0 Å². The van der Waals surface area contributed by atoms with Gasteiger partial charge in [0.2, 0.25) is 6.33 Å². The third-order valence-electron chi connectivity index (χ3n) is 3.24. The predicted octanol–water partition coefficient (Wildman–Crippen LogP) is 1.48. The molecule has 0 spiro atoms. The van der Waals surface area contributed by atoms with Gasteiger partial charge in [0.15, 0.2) is 0 Å². The van der Waals surface area contributed by atoms with Crippen LogP contribution in [0.3, 0.4) is 0 Å². The molecule has 4 heteroatoms. The fourth-order valence-electron chi connectivity index (χ4n) is 2.10. The largest absolute Gasteiger partial charge is 0.436 e. The Hall–Kier alpha value is -2.10. The normalized spacial score (nSPS) is 11.3. The number of fused-ring (bicyclic) bond motifs is 1. The molecular weight excluding hydrogens is 224 g/mol. The van der Waals surface area contributed by atoms with E-state index < -0.39 is 0 Å². The maximum absolute atomic E-state index is 4.58. The van der Waals surface area contributed by atoms with Crippen LogP contribution in [-0.2, 0) is 13.6 Å². The van der Waals surface area contributed by atoms with E-state index in [2.05, 4.69) is 40.5 Å². The van der Waals surface area contributed by atoms with Crippen LogP contribution < -0.4 is 9.55 Å². The van der Waals surface area contributed by atoms with Crippen LogP contribution in [0.4, 0.5) is 0 Å². The summed E-state index contributed by atoms with van der Waals surface area (Å²) in [4.78, 5) is 9.16. The minimum absolute atomic E-state index is 0.716. The van der Waals surface area contributed by atoms with Crippen molar-refractivity contribution in [2.45, 2.75) is 20.4 Å². The molecule has 18 heavy (non-hydrogen) atoms. The number of aromatic nitrogens is 4. The Kier molecular flexibility index (Phi) is 2.44. The van der Waals surface area contributed by atoms with Crippen molar-refractivity contribution in [3.05, 3.63) is 47.8 Å². The molecule has 0 aliphatic rings. The fourth-order valence-corrected chi connectivity index (χ4v) is 2.10. The predicted molar refractivity (Wildman–Crippen MR) is 69.2 cm³/mol. The minimum atomic E-state index is 0.716. The van der Waals surface area contributed by atoms with E-state index in [0.717, 1.165) is 16.9 Å². The SMILES string of the molecule is Cc1cc2nc(Cn3cc[n+](C)c3)[n-]c2cc1C. The van der Waals surface area contributed by atoms with Crippen LogP contribution >= 0.6 is 0 Å². The van der Waals surface area contributed by atoms with Crippen molar-refractivity contribution in [1.82, 2.24) is 14.5 Å². The molecule has 0 saturated carbocycles. The second kappa shape index (κ2) is 3.98. The van der Waals surface area contributed by atoms with Gasteiger partial charge in [-0.25, -0.2) is 9.13 Å². The molecule has 0 unspecified atom stereocenters. The Morgan fingerprint density at radius 2 is 2.06 bits per heavy atom. The van der Waals surface area contributed by atoms with Gasteiger partial charge in [0, 0.05) is 0 Å². The van der Waals surface area contributed by atoms with Crippen molar-refractivity contribution >= 4 is 11.0 Å². The maximum Gasteiger partial charge on any atom is 0.243 e. The molecule has 3 rings (SSSR count). The van der Waals surface area contributed by atoms with Crippen LogP contribution in [0.15, 0.2) is 30.9 Å². The van der Waals surface area contributed by atoms with Crippen molar-refractivity contribution in [3.63, 3.8) is 0 Å². The summed E-state index contributed by atoms with van der Waals surface area (Å²) in [5.74, 6) is 0.867. The zero-order chi connectivity index (χ0) is 12.7. The number of hydrogen-bond acceptors (Lipinski definition) is 1. The second-order valence-electron chi connectivity index (χ2n) is 4.82. The highest BCUT2D eigenvalue weighted by Crippen LogP contribution is 2.16. The van der Waals surface area contributed by atoms with Crippen LogP contribution in [0, 0.1) is 13.8 Å². The van der Waals surface area contributed by atoms with Crippen LogP contribution in [0.2, 0.25) is 0 Å². The molecule has 0 atom stereocenters. The van der Waals surface area contributed by atoms with E-state index in [4.69, 9.17) is 0 Å². The maximum atomic E-state index is 4.58. The lowest BCUT2D eigenvalue weighted by molar-refractivity contribution is -0.671. The molecule has 0 N–H and O–H groups in total. The molecule has 2 heterocycles. The van der Waals surface area contributed by atoms with Gasteiger partial charge in [-0.15, -0.1) is 0 Å². The summed E-state index contributed by atoms with van der Waals surface area (Å²) in [7, 11) is 2.01. The number of nitrogens with zero attached hydrogens (tertiary/aromatic N) is 4. The van der Waals surface area contributed by atoms with E-state index in [1.807, 2.05) is 30.3 Å². The molecule has 0 fully saturated rings. The first-order valence-electron chi connectivity index (χ1n) is 6.03. The third-order valence-corrected chi connectivity index (χ3v) is 3.24. The number of hydrogen-bond donors (Lipinski definition) is 0. The first kappa shape index (κ1) is 11.0. The lowest BCUT2D eigenvalue weighted by Gasteiger charge is -2.01. The molecule has 2 aromatic heterocycles. The summed E-state index contributed by atoms with van der Waals surface area (Å²) in [6.07, 6.45) is 6.06. The summed E-state index contributed by atoms with van der Waals surface area (Å²) < 4.78 is 4.09. The molecule has 0 saturated heterocycles. The average Bonchev–Trinajstić information content (AvgIpc) is 2.86. The van der Waals surface area contributed by atoms with Crippen molar-refractivity contribution in [3.8, 4) is 0 Å². The average molecular weight is 240 g/mol. The zero-order valence-electron chi connectivity index (χ0n) is 10.9. The summed E-state index contributed by atoms with van der Waals surface area (Å²) in [6, 6.07) is 4.22. The number of benzene rings is 1. The fraction of sp³-hybridized carbons (Fsp3) is 0.286. The van der Waals surface area contributed by atoms with Gasteiger partial charge in [0.1, 0.15) is 18.9 Å². The summed E-state index contributed by atoms with van der Waals surface area (Å²) in [5.41, 5.74) is 4.51. The Balaban J connectivity index is 1.98. The van der Waals surface area contributed by atoms with Crippen LogP contribution in [0.1, 0.15) is 17.0 Å². The summed E-state index contributed by atoms with van der Waals surface area (Å²) >= 11 is 0. The lowest BCUT2D eigenvalue weighted by atomic mass is 10.1. The highest BCUT2D eigenvalue weighted by molar-refractivity contribution is 5.76. The topological polar surface area (TPSA) is 35.8 Å². The first-order chi connectivity index (χ1) is 8.61. The Morgan fingerprint density at radius 1 is 1.28 bits per heavy atom. The number of rotatable bonds is 2. The summed E-state index contributed by atoms with van der Waals surface area (Å²) in [6.45, 7) is 4.93. The van der Waals surface area contributed by atoms with E-state index in [1.54, 1.807) is 0 Å². The Labute approximate surface area is 106 Å². The molecule has 3 aromatic rings. The van der Waals surface area contributed by atoms with Gasteiger partial charge < -0.3 is 9.97 Å². The van der Waals surface area contributed by atoms with Gasteiger partial charge in [-0.2, -0.15) is 0 Å². The van der Waals surface area contributed by atoms with Gasteiger partial charge in [-0.05, 0) is 41.8 Å². The van der Waals surface area contributed by atoms with Gasteiger partial charge in [0.05, 0.1) is 7.05 Å². The van der Waals surface area contributed by atoms with Crippen LogP contribution in [0.5, 0.6) is 0 Å². The molecule has 92 valence electrons. The van der Waals surface area contributed by atoms with E-state index in [-0.39, 0.29) is 0 Å². The molecular formula is C14H16N4. The van der Waals surface area contributed by atoms with Crippen molar-refractivity contribution in [2.24, 2.45) is 7.05 Å². The number of imidazole rings is 2. The molecule has 4 nitrogen and oxygen atoms in total. The molecule has 1 aromatic carbocycles. The molecule has 0 aliphatic heterocycles. The molecule has 0 radical (unpaired) electrons. The summed E-state index contributed by atoms with van der Waals surface area (Å²) in [5, 5.41) is 0. The highest BCUT2D eigenvalue weighted by atomic mass is 15.1. The smallest absolute Gasteiger partial charge is 0.243 e. The van der Waals surface area contributed by atoms with Gasteiger partial charge in [0.25, 0.3) is 0 Å². The molecule has 0 aliphatic carbocycles. The minimum Gasteiger partial charge on any atom is -0.436 e. The van der Waals surface area contributed by atoms with Gasteiger partial charge in [-0.3, -0.25) is 0 Å². The Bertz CT molecular complexity index is 667. The van der Waals surface area contributed by atoms with Gasteiger partial charge >= 0.3 is 0 Å². The van der Waals surface area contributed by atoms with E-state index in [0.29, 0.717) is 6.54 Å². The van der Waals surface area contributed by atoms with Crippen molar-refractivity contribution in [2.75, 3.05) is 0 Å². The zero-order valence-corrected chi connectivity index (χ0v) is 10.9. The van der Waals surface area contributed by atoms with Crippen molar-refractivity contribution < 1.29 is 4.57 Å². The van der Waals surface area contributed by atoms with Crippen LogP contribution in [0.25, 0.3) is 11.0 Å². The standard InChI is InChI=1S/C14H16N4/c1-10-6-12-13(7-11(10)2)16-14(15-12)8-18-5-4-17(3)9-18/h4-7,9H,8H2,1-3H3. The quantitative estimate of drug-likeness (QED) is 0.636. The Morgan fingerprint density at radius 3 is 2.78 bits per heavy atom. The molecule has 0 bridgehead atoms. The monoisotopic (exact) mass is 240 g/mol. The molecule has 0 amide bonds. The highest BCUT2D eigenvalue weighted by Gasteiger charge is 2.01. The number of aryl methyl sites for hydroxylation is 3. The van der Waals surface area contributed by atoms with Gasteiger partial charge in [-0.1, -0.05) is 12.1 Å². The van der Waals surface area contributed by atoms with E-state index >= 15 is 0 Å². The van der Waals surface area contributed by atoms with E-state index in [1.165, 1.54) is 11.1 Å².